The highest BCUT2D eigenvalue weighted by molar-refractivity contribution is 6.31. The largest absolute Gasteiger partial charge is 0.474 e. The van der Waals surface area contributed by atoms with Crippen molar-refractivity contribution in [2.24, 2.45) is 0 Å². The maximum absolute atomic E-state index is 12.6. The first kappa shape index (κ1) is 14.0. The number of alkyl halides is 3. The standard InChI is InChI=1S/C11H10F3NO3/c1-6-7(5-15-9(16)10(17)18)3-2-4-8(6)11(12,13)14/h2-4H,5H2,1H3,(H,15,16)(H,17,18). The Kier molecular flexibility index (Phi) is 3.95. The number of amides is 1. The minimum atomic E-state index is -4.48. The van der Waals surface area contributed by atoms with Crippen molar-refractivity contribution < 1.29 is 27.9 Å². The summed E-state index contributed by atoms with van der Waals surface area (Å²) in [6.07, 6.45) is -4.48. The molecule has 0 fully saturated rings. The van der Waals surface area contributed by atoms with Gasteiger partial charge in [0.2, 0.25) is 0 Å². The summed E-state index contributed by atoms with van der Waals surface area (Å²) in [4.78, 5) is 21.0. The molecule has 1 aromatic rings. The summed E-state index contributed by atoms with van der Waals surface area (Å²) in [5, 5.41) is 10.3. The van der Waals surface area contributed by atoms with Gasteiger partial charge in [-0.1, -0.05) is 12.1 Å². The molecule has 98 valence electrons. The van der Waals surface area contributed by atoms with E-state index in [2.05, 4.69) is 0 Å². The van der Waals surface area contributed by atoms with E-state index in [-0.39, 0.29) is 17.7 Å². The Morgan fingerprint density at radius 3 is 2.44 bits per heavy atom. The average Bonchev–Trinajstić information content (AvgIpc) is 2.25. The number of nitrogens with one attached hydrogen (secondary N) is 1. The fourth-order valence-corrected chi connectivity index (χ4v) is 1.43. The average molecular weight is 261 g/mol. The summed E-state index contributed by atoms with van der Waals surface area (Å²) < 4.78 is 37.7. The first-order chi connectivity index (χ1) is 8.23. The van der Waals surface area contributed by atoms with Crippen molar-refractivity contribution in [1.29, 1.82) is 0 Å². The highest BCUT2D eigenvalue weighted by Crippen LogP contribution is 2.32. The van der Waals surface area contributed by atoms with E-state index in [9.17, 15) is 22.8 Å². The van der Waals surface area contributed by atoms with Gasteiger partial charge in [0.05, 0.1) is 5.56 Å². The predicted molar refractivity (Wildman–Crippen MR) is 55.7 cm³/mol. The molecule has 0 aromatic heterocycles. The first-order valence-electron chi connectivity index (χ1n) is 4.90. The number of hydrogen-bond donors (Lipinski definition) is 2. The zero-order valence-electron chi connectivity index (χ0n) is 9.34. The topological polar surface area (TPSA) is 66.4 Å². The molecule has 0 radical (unpaired) electrons. The van der Waals surface area contributed by atoms with Crippen LogP contribution in [-0.4, -0.2) is 17.0 Å². The molecule has 1 rings (SSSR count). The van der Waals surface area contributed by atoms with Crippen LogP contribution in [0, 0.1) is 6.92 Å². The number of carbonyl (C=O) groups is 2. The second-order valence-corrected chi connectivity index (χ2v) is 3.58. The molecule has 1 amide bonds. The van der Waals surface area contributed by atoms with Crippen LogP contribution in [0.3, 0.4) is 0 Å². The lowest BCUT2D eigenvalue weighted by molar-refractivity contribution is -0.150. The molecule has 0 saturated carbocycles. The van der Waals surface area contributed by atoms with Gasteiger partial charge < -0.3 is 10.4 Å². The van der Waals surface area contributed by atoms with Crippen LogP contribution in [0.2, 0.25) is 0 Å². The van der Waals surface area contributed by atoms with Crippen molar-refractivity contribution in [2.45, 2.75) is 19.6 Å². The van der Waals surface area contributed by atoms with Crippen molar-refractivity contribution in [1.82, 2.24) is 5.32 Å². The molecule has 0 unspecified atom stereocenters. The Morgan fingerprint density at radius 2 is 1.94 bits per heavy atom. The van der Waals surface area contributed by atoms with E-state index in [4.69, 9.17) is 5.11 Å². The number of aliphatic carboxylic acids is 1. The first-order valence-corrected chi connectivity index (χ1v) is 4.90. The molecule has 0 bridgehead atoms. The molecule has 0 atom stereocenters. The number of halogens is 3. The van der Waals surface area contributed by atoms with Gasteiger partial charge in [-0.15, -0.1) is 0 Å². The third-order valence-corrected chi connectivity index (χ3v) is 2.39. The lowest BCUT2D eigenvalue weighted by Crippen LogP contribution is -2.30. The molecule has 7 heteroatoms. The van der Waals surface area contributed by atoms with Gasteiger partial charge in [-0.25, -0.2) is 4.79 Å². The maximum atomic E-state index is 12.6. The third-order valence-electron chi connectivity index (χ3n) is 2.39. The molecule has 0 heterocycles. The van der Waals surface area contributed by atoms with Gasteiger partial charge in [0.1, 0.15) is 0 Å². The van der Waals surface area contributed by atoms with Crippen molar-refractivity contribution in [3.05, 3.63) is 34.9 Å². The van der Waals surface area contributed by atoms with Crippen molar-refractivity contribution in [2.75, 3.05) is 0 Å². The fourth-order valence-electron chi connectivity index (χ4n) is 1.43. The molecule has 0 aliphatic rings. The van der Waals surface area contributed by atoms with Crippen LogP contribution in [0.15, 0.2) is 18.2 Å². The lowest BCUT2D eigenvalue weighted by Gasteiger charge is -2.13. The zero-order chi connectivity index (χ0) is 13.9. The summed E-state index contributed by atoms with van der Waals surface area (Å²) in [6.45, 7) is 1.01. The number of carbonyl (C=O) groups excluding carboxylic acids is 1. The molecular formula is C11H10F3NO3. The summed E-state index contributed by atoms with van der Waals surface area (Å²) in [7, 11) is 0. The van der Waals surface area contributed by atoms with Crippen molar-refractivity contribution >= 4 is 11.9 Å². The quantitative estimate of drug-likeness (QED) is 0.796. The van der Waals surface area contributed by atoms with Crippen LogP contribution in [-0.2, 0) is 22.3 Å². The second-order valence-electron chi connectivity index (χ2n) is 3.58. The SMILES string of the molecule is Cc1c(CNC(=O)C(=O)O)cccc1C(F)(F)F. The summed E-state index contributed by atoms with van der Waals surface area (Å²) >= 11 is 0. The van der Waals surface area contributed by atoms with Gasteiger partial charge in [-0.3, -0.25) is 4.79 Å². The number of carboxylic acids is 1. The van der Waals surface area contributed by atoms with Gasteiger partial charge in [0.25, 0.3) is 0 Å². The smallest absolute Gasteiger partial charge is 0.416 e. The normalized spacial score (nSPS) is 11.1. The van der Waals surface area contributed by atoms with Crippen LogP contribution in [0.4, 0.5) is 13.2 Å². The second kappa shape index (κ2) is 5.07. The Labute approximate surface area is 100 Å². The molecule has 0 aliphatic heterocycles. The minimum absolute atomic E-state index is 0.0318. The van der Waals surface area contributed by atoms with E-state index in [1.165, 1.54) is 19.1 Å². The molecule has 0 spiro atoms. The Morgan fingerprint density at radius 1 is 1.33 bits per heavy atom. The van der Waals surface area contributed by atoms with E-state index < -0.39 is 23.6 Å². The highest BCUT2D eigenvalue weighted by Gasteiger charge is 2.32. The Balaban J connectivity index is 2.92. The van der Waals surface area contributed by atoms with Gasteiger partial charge in [-0.2, -0.15) is 13.2 Å². The van der Waals surface area contributed by atoms with Crippen LogP contribution >= 0.6 is 0 Å². The molecule has 1 aromatic carbocycles. The summed E-state index contributed by atoms with van der Waals surface area (Å²) in [5.41, 5.74) is -0.611. The number of rotatable bonds is 2. The monoisotopic (exact) mass is 261 g/mol. The van der Waals surface area contributed by atoms with E-state index in [1.54, 1.807) is 0 Å². The van der Waals surface area contributed by atoms with Crippen LogP contribution in [0.25, 0.3) is 0 Å². The molecule has 4 nitrogen and oxygen atoms in total. The summed E-state index contributed by atoms with van der Waals surface area (Å²) in [6, 6.07) is 3.53. The van der Waals surface area contributed by atoms with E-state index in [1.807, 2.05) is 5.32 Å². The van der Waals surface area contributed by atoms with Gasteiger partial charge in [0.15, 0.2) is 0 Å². The van der Waals surface area contributed by atoms with Crippen LogP contribution in [0.5, 0.6) is 0 Å². The van der Waals surface area contributed by atoms with Gasteiger partial charge in [-0.05, 0) is 24.1 Å². The highest BCUT2D eigenvalue weighted by atomic mass is 19.4. The van der Waals surface area contributed by atoms with Crippen molar-refractivity contribution in [3.63, 3.8) is 0 Å². The van der Waals surface area contributed by atoms with E-state index >= 15 is 0 Å². The van der Waals surface area contributed by atoms with E-state index in [0.717, 1.165) is 6.07 Å². The van der Waals surface area contributed by atoms with Crippen molar-refractivity contribution in [3.8, 4) is 0 Å². The minimum Gasteiger partial charge on any atom is -0.474 e. The maximum Gasteiger partial charge on any atom is 0.416 e. The Bertz CT molecular complexity index is 483. The molecular weight excluding hydrogens is 251 g/mol. The molecule has 18 heavy (non-hydrogen) atoms. The zero-order valence-corrected chi connectivity index (χ0v) is 9.34. The molecule has 0 saturated heterocycles. The molecule has 0 aliphatic carbocycles. The predicted octanol–water partition coefficient (Wildman–Crippen LogP) is 1.71. The molecule has 2 N–H and O–H groups in total. The van der Waals surface area contributed by atoms with Crippen LogP contribution in [0.1, 0.15) is 16.7 Å². The fraction of sp³-hybridized carbons (Fsp3) is 0.273. The van der Waals surface area contributed by atoms with Gasteiger partial charge >= 0.3 is 18.1 Å². The third kappa shape index (κ3) is 3.22. The van der Waals surface area contributed by atoms with Crippen LogP contribution < -0.4 is 5.32 Å². The Hall–Kier alpha value is -2.05. The number of hydrogen-bond acceptors (Lipinski definition) is 2. The summed E-state index contributed by atoms with van der Waals surface area (Å²) in [5.74, 6) is -2.94. The van der Waals surface area contributed by atoms with Gasteiger partial charge in [0, 0.05) is 6.54 Å². The number of carboxylic acid groups (broad SMARTS) is 1. The lowest BCUT2D eigenvalue weighted by atomic mass is 10.0. The van der Waals surface area contributed by atoms with E-state index in [0.29, 0.717) is 0 Å². The number of benzene rings is 1.